The fourth-order valence-corrected chi connectivity index (χ4v) is 1.96. The van der Waals surface area contributed by atoms with E-state index in [0.717, 1.165) is 25.1 Å². The van der Waals surface area contributed by atoms with Gasteiger partial charge in [0.2, 0.25) is 0 Å². The van der Waals surface area contributed by atoms with Gasteiger partial charge in [-0.25, -0.2) is 0 Å². The Morgan fingerprint density at radius 2 is 2.16 bits per heavy atom. The van der Waals surface area contributed by atoms with Crippen molar-refractivity contribution in [2.24, 2.45) is 5.92 Å². The first-order valence-corrected chi connectivity index (χ1v) is 6.86. The molecule has 19 heavy (non-hydrogen) atoms. The molecular formula is C15H24N2O2. The van der Waals surface area contributed by atoms with Crippen molar-refractivity contribution in [3.8, 4) is 0 Å². The Morgan fingerprint density at radius 3 is 2.68 bits per heavy atom. The van der Waals surface area contributed by atoms with E-state index in [4.69, 9.17) is 5.11 Å². The first-order valence-electron chi connectivity index (χ1n) is 6.86. The van der Waals surface area contributed by atoms with Crippen LogP contribution in [0.2, 0.25) is 0 Å². The maximum absolute atomic E-state index is 11.1. The van der Waals surface area contributed by atoms with Crippen LogP contribution in [0, 0.1) is 12.8 Å². The molecule has 106 valence electrons. The highest BCUT2D eigenvalue weighted by atomic mass is 16.4. The molecule has 1 heterocycles. The lowest BCUT2D eigenvalue weighted by atomic mass is 10.0. The molecule has 0 aliphatic carbocycles. The van der Waals surface area contributed by atoms with Gasteiger partial charge in [0.25, 0.3) is 0 Å². The van der Waals surface area contributed by atoms with Crippen LogP contribution >= 0.6 is 0 Å². The van der Waals surface area contributed by atoms with Crippen LogP contribution in [0.5, 0.6) is 0 Å². The molecule has 0 aliphatic heterocycles. The Hall–Kier alpha value is -1.42. The lowest BCUT2D eigenvalue weighted by Gasteiger charge is -2.16. The van der Waals surface area contributed by atoms with Crippen molar-refractivity contribution in [2.75, 3.05) is 6.54 Å². The lowest BCUT2D eigenvalue weighted by molar-refractivity contribution is -0.139. The number of rotatable bonds is 8. The number of carboxylic acids is 1. The van der Waals surface area contributed by atoms with Crippen molar-refractivity contribution in [3.05, 3.63) is 29.6 Å². The Morgan fingerprint density at radius 1 is 1.42 bits per heavy atom. The molecule has 0 aliphatic rings. The summed E-state index contributed by atoms with van der Waals surface area (Å²) in [6.45, 7) is 6.76. The third-order valence-electron chi connectivity index (χ3n) is 3.01. The quantitative estimate of drug-likeness (QED) is 0.708. The van der Waals surface area contributed by atoms with Gasteiger partial charge in [-0.05, 0) is 50.3 Å². The predicted octanol–water partition coefficient (Wildman–Crippen LogP) is 2.41. The van der Waals surface area contributed by atoms with Crippen LogP contribution in [-0.4, -0.2) is 28.6 Å². The smallest absolute Gasteiger partial charge is 0.320 e. The Kier molecular flexibility index (Phi) is 6.50. The summed E-state index contributed by atoms with van der Waals surface area (Å²) in [5.41, 5.74) is 2.22. The third kappa shape index (κ3) is 6.34. The summed E-state index contributed by atoms with van der Waals surface area (Å²) in [4.78, 5) is 15.3. The van der Waals surface area contributed by atoms with E-state index in [2.05, 4.69) is 16.4 Å². The van der Waals surface area contributed by atoms with Crippen molar-refractivity contribution >= 4 is 5.97 Å². The average molecular weight is 264 g/mol. The van der Waals surface area contributed by atoms with Gasteiger partial charge in [0.05, 0.1) is 0 Å². The van der Waals surface area contributed by atoms with E-state index in [1.165, 1.54) is 5.56 Å². The lowest BCUT2D eigenvalue weighted by Crippen LogP contribution is -2.38. The number of nitrogens with zero attached hydrogens (tertiary/aromatic N) is 1. The highest BCUT2D eigenvalue weighted by Gasteiger charge is 2.17. The second-order valence-corrected chi connectivity index (χ2v) is 5.39. The summed E-state index contributed by atoms with van der Waals surface area (Å²) in [7, 11) is 0. The number of aliphatic carboxylic acids is 1. The van der Waals surface area contributed by atoms with Crippen LogP contribution in [-0.2, 0) is 11.2 Å². The molecule has 0 unspecified atom stereocenters. The number of aromatic nitrogens is 1. The molecule has 4 nitrogen and oxygen atoms in total. The maximum Gasteiger partial charge on any atom is 0.320 e. The molecular weight excluding hydrogens is 240 g/mol. The zero-order valence-corrected chi connectivity index (χ0v) is 12.0. The highest BCUT2D eigenvalue weighted by Crippen LogP contribution is 2.06. The molecule has 0 saturated heterocycles. The predicted molar refractivity (Wildman–Crippen MR) is 76.2 cm³/mol. The number of hydrogen-bond acceptors (Lipinski definition) is 3. The number of carboxylic acid groups (broad SMARTS) is 1. The summed E-state index contributed by atoms with van der Waals surface area (Å²) in [5.74, 6) is -0.374. The van der Waals surface area contributed by atoms with Gasteiger partial charge in [-0.2, -0.15) is 0 Å². The van der Waals surface area contributed by atoms with Crippen molar-refractivity contribution in [2.45, 2.75) is 46.1 Å². The number of aryl methyl sites for hydroxylation is 2. The molecule has 0 radical (unpaired) electrons. The van der Waals surface area contributed by atoms with Crippen molar-refractivity contribution in [3.63, 3.8) is 0 Å². The van der Waals surface area contributed by atoms with Crippen molar-refractivity contribution < 1.29 is 9.90 Å². The topological polar surface area (TPSA) is 62.2 Å². The van der Waals surface area contributed by atoms with Gasteiger partial charge in [-0.3, -0.25) is 9.78 Å². The van der Waals surface area contributed by atoms with E-state index in [1.54, 1.807) is 0 Å². The monoisotopic (exact) mass is 264 g/mol. The fraction of sp³-hybridized carbons (Fsp3) is 0.600. The van der Waals surface area contributed by atoms with E-state index in [1.807, 2.05) is 33.0 Å². The molecule has 1 aromatic heterocycles. The van der Waals surface area contributed by atoms with E-state index in [0.29, 0.717) is 12.3 Å². The average Bonchev–Trinajstić information content (AvgIpc) is 2.34. The van der Waals surface area contributed by atoms with Crippen molar-refractivity contribution in [1.29, 1.82) is 0 Å². The second kappa shape index (κ2) is 7.89. The Labute approximate surface area is 115 Å². The summed E-state index contributed by atoms with van der Waals surface area (Å²) >= 11 is 0. The molecule has 0 bridgehead atoms. The first-order chi connectivity index (χ1) is 8.99. The van der Waals surface area contributed by atoms with E-state index in [9.17, 15) is 4.79 Å². The summed E-state index contributed by atoms with van der Waals surface area (Å²) in [5, 5.41) is 12.2. The molecule has 1 rings (SSSR count). The maximum atomic E-state index is 11.1. The second-order valence-electron chi connectivity index (χ2n) is 5.39. The Bertz CT molecular complexity index is 388. The number of nitrogens with one attached hydrogen (secondary N) is 1. The zero-order valence-electron chi connectivity index (χ0n) is 12.0. The number of pyridine rings is 1. The van der Waals surface area contributed by atoms with E-state index < -0.39 is 12.0 Å². The van der Waals surface area contributed by atoms with Gasteiger partial charge >= 0.3 is 5.97 Å². The minimum Gasteiger partial charge on any atom is -0.480 e. The largest absolute Gasteiger partial charge is 0.480 e. The summed E-state index contributed by atoms with van der Waals surface area (Å²) < 4.78 is 0. The Balaban J connectivity index is 2.28. The van der Waals surface area contributed by atoms with Crippen molar-refractivity contribution in [1.82, 2.24) is 10.3 Å². The standard InChI is InChI=1S/C15H24N2O2/c1-11(2)9-14(15(18)19)16-8-4-5-13-7-6-12(3)17-10-13/h6-7,10-11,14,16H,4-5,8-9H2,1-3H3,(H,18,19)/t14-/m1/s1. The summed E-state index contributed by atoms with van der Waals surface area (Å²) in [6, 6.07) is 3.64. The van der Waals surface area contributed by atoms with E-state index in [-0.39, 0.29) is 0 Å². The molecule has 1 aromatic rings. The van der Waals surface area contributed by atoms with Crippen LogP contribution in [0.3, 0.4) is 0 Å². The van der Waals surface area contributed by atoms with Gasteiger partial charge in [0, 0.05) is 11.9 Å². The van der Waals surface area contributed by atoms with E-state index >= 15 is 0 Å². The molecule has 0 amide bonds. The van der Waals surface area contributed by atoms with Gasteiger partial charge in [-0.15, -0.1) is 0 Å². The van der Waals surface area contributed by atoms with Crippen LogP contribution in [0.4, 0.5) is 0 Å². The molecule has 0 saturated carbocycles. The zero-order chi connectivity index (χ0) is 14.3. The van der Waals surface area contributed by atoms with Gasteiger partial charge in [-0.1, -0.05) is 19.9 Å². The molecule has 0 aromatic carbocycles. The fourth-order valence-electron chi connectivity index (χ4n) is 1.96. The van der Waals surface area contributed by atoms with Crippen LogP contribution in [0.25, 0.3) is 0 Å². The summed E-state index contributed by atoms with van der Waals surface area (Å²) in [6.07, 6.45) is 4.40. The first kappa shape index (κ1) is 15.6. The minimum absolute atomic E-state index is 0.384. The van der Waals surface area contributed by atoms with Crippen LogP contribution < -0.4 is 5.32 Å². The molecule has 1 atom stereocenters. The number of carbonyl (C=O) groups is 1. The SMILES string of the molecule is Cc1ccc(CCCN[C@H](CC(C)C)C(=O)O)cn1. The molecule has 0 spiro atoms. The molecule has 2 N–H and O–H groups in total. The van der Waals surface area contributed by atoms with Gasteiger partial charge in [0.15, 0.2) is 0 Å². The number of hydrogen-bond donors (Lipinski definition) is 2. The van der Waals surface area contributed by atoms with Crippen LogP contribution in [0.1, 0.15) is 37.9 Å². The van der Waals surface area contributed by atoms with Crippen LogP contribution in [0.15, 0.2) is 18.3 Å². The van der Waals surface area contributed by atoms with Gasteiger partial charge in [0.1, 0.15) is 6.04 Å². The highest BCUT2D eigenvalue weighted by molar-refractivity contribution is 5.73. The minimum atomic E-state index is -0.759. The van der Waals surface area contributed by atoms with Gasteiger partial charge < -0.3 is 10.4 Å². The third-order valence-corrected chi connectivity index (χ3v) is 3.01. The molecule has 0 fully saturated rings. The molecule has 4 heteroatoms. The normalized spacial score (nSPS) is 12.6.